The molecule has 312 valence electrons. The minimum atomic E-state index is -0.394. The summed E-state index contributed by atoms with van der Waals surface area (Å²) >= 11 is 0. The molecule has 15 heteroatoms. The Hall–Kier alpha value is -1.90. The van der Waals surface area contributed by atoms with Gasteiger partial charge < -0.3 is 72.9 Å². The fourth-order valence-corrected chi connectivity index (χ4v) is 2.51. The van der Waals surface area contributed by atoms with Crippen molar-refractivity contribution in [3.63, 3.8) is 0 Å². The van der Waals surface area contributed by atoms with Crippen LogP contribution in [0, 0.1) is 0 Å². The molecule has 0 fully saturated rings. The molecule has 0 aromatic carbocycles. The van der Waals surface area contributed by atoms with Crippen molar-refractivity contribution in [3.8, 4) is 0 Å². The standard InChI is InChI=1S/C9H18O4.2C8H16O3.C7H14O3.C5H10O2/c1-2-4-11-6-8-13-9-7-12-5-3-10;1-3-5-10-7-8(2)11-6-4-9;1-3-4-10-5-6-11-7-8(2)9;1-2-4-9-6-7-10-5-3-8;1-2-4-7-5-3-6/h2,10H,1,3-9H2;2*3,8-9H,1,4-7H2,2H3;2,8H,1,3-7H2;2,6H,1,3-5H2. The fourth-order valence-electron chi connectivity index (χ4n) is 2.51. The number of hydrogen-bond acceptors (Lipinski definition) is 15. The van der Waals surface area contributed by atoms with E-state index in [9.17, 15) is 0 Å². The monoisotopic (exact) mass is 759 g/mol. The highest BCUT2D eigenvalue weighted by Gasteiger charge is 1.99. The van der Waals surface area contributed by atoms with Gasteiger partial charge in [-0.3, -0.25) is 0 Å². The molecule has 0 radical (unpaired) electrons. The molecule has 0 aromatic heterocycles. The van der Waals surface area contributed by atoms with Crippen LogP contribution in [0.25, 0.3) is 0 Å². The van der Waals surface area contributed by atoms with Gasteiger partial charge in [0.25, 0.3) is 0 Å². The maximum Gasteiger partial charge on any atom is 0.0781 e. The Bertz CT molecular complexity index is 655. The number of hydrogen-bond donors (Lipinski definition) is 5. The molecule has 52 heavy (non-hydrogen) atoms. The van der Waals surface area contributed by atoms with Crippen LogP contribution >= 0.6 is 0 Å². The lowest BCUT2D eigenvalue weighted by Gasteiger charge is -2.11. The van der Waals surface area contributed by atoms with Crippen molar-refractivity contribution in [1.29, 1.82) is 0 Å². The van der Waals surface area contributed by atoms with Crippen LogP contribution in [0.4, 0.5) is 0 Å². The van der Waals surface area contributed by atoms with Crippen molar-refractivity contribution in [2.45, 2.75) is 26.1 Å². The van der Waals surface area contributed by atoms with Crippen LogP contribution < -0.4 is 0 Å². The van der Waals surface area contributed by atoms with E-state index < -0.39 is 6.10 Å². The third kappa shape index (κ3) is 81.9. The van der Waals surface area contributed by atoms with E-state index in [2.05, 4.69) is 32.9 Å². The SMILES string of the molecule is C=CCOCC(C)OCCO.C=CCOCCO.C=CCOCCOCC(C)O.C=CCOCCOCCO.C=CCOCCOCCOCCO. The van der Waals surface area contributed by atoms with E-state index >= 15 is 0 Å². The summed E-state index contributed by atoms with van der Waals surface area (Å²) in [5, 5.41) is 42.0. The first-order valence-corrected chi connectivity index (χ1v) is 17.3. The Labute approximate surface area is 314 Å². The molecule has 0 saturated carbocycles. The number of aliphatic hydroxyl groups excluding tert-OH is 5. The summed E-state index contributed by atoms with van der Waals surface area (Å²) in [5.74, 6) is 0. The first kappa shape index (κ1) is 59.4. The van der Waals surface area contributed by atoms with Gasteiger partial charge in [-0.15, -0.1) is 32.9 Å². The molecule has 0 aliphatic heterocycles. The summed E-state index contributed by atoms with van der Waals surface area (Å²) in [5.41, 5.74) is 0. The lowest BCUT2D eigenvalue weighted by molar-refractivity contribution is -0.0123. The zero-order chi connectivity index (χ0) is 40.0. The van der Waals surface area contributed by atoms with Crippen molar-refractivity contribution in [3.05, 3.63) is 63.3 Å². The van der Waals surface area contributed by atoms with E-state index in [0.29, 0.717) is 126 Å². The molecule has 0 amide bonds. The predicted molar refractivity (Wildman–Crippen MR) is 204 cm³/mol. The number of rotatable bonds is 35. The molecule has 0 aromatic rings. The van der Waals surface area contributed by atoms with Crippen LogP contribution in [-0.4, -0.2) is 190 Å². The van der Waals surface area contributed by atoms with E-state index in [4.69, 9.17) is 72.9 Å². The average molecular weight is 759 g/mol. The summed E-state index contributed by atoms with van der Waals surface area (Å²) < 4.78 is 50.2. The number of aliphatic hydroxyl groups is 5. The van der Waals surface area contributed by atoms with Crippen molar-refractivity contribution >= 4 is 0 Å². The van der Waals surface area contributed by atoms with Gasteiger partial charge in [0.05, 0.1) is 164 Å². The van der Waals surface area contributed by atoms with Crippen molar-refractivity contribution < 1.29 is 72.9 Å². The van der Waals surface area contributed by atoms with E-state index in [1.807, 2.05) is 6.92 Å². The van der Waals surface area contributed by atoms with E-state index in [-0.39, 0.29) is 32.5 Å². The van der Waals surface area contributed by atoms with Crippen molar-refractivity contribution in [2.24, 2.45) is 0 Å². The average Bonchev–Trinajstić information content (AvgIpc) is 3.14. The van der Waals surface area contributed by atoms with Crippen molar-refractivity contribution in [2.75, 3.05) is 152 Å². The lowest BCUT2D eigenvalue weighted by Crippen LogP contribution is -2.17. The number of ether oxygens (including phenoxy) is 10. The fraction of sp³-hybridized carbons (Fsp3) is 0.730. The van der Waals surface area contributed by atoms with Crippen LogP contribution in [0.1, 0.15) is 13.8 Å². The Kier molecular flexibility index (Phi) is 73.2. The molecule has 0 spiro atoms. The van der Waals surface area contributed by atoms with Crippen LogP contribution in [0.2, 0.25) is 0 Å². The zero-order valence-corrected chi connectivity index (χ0v) is 32.2. The predicted octanol–water partition coefficient (Wildman–Crippen LogP) is 1.77. The topological polar surface area (TPSA) is 193 Å². The second-order valence-electron chi connectivity index (χ2n) is 9.62. The minimum Gasteiger partial charge on any atom is -0.394 e. The first-order chi connectivity index (χ1) is 25.3. The summed E-state index contributed by atoms with van der Waals surface area (Å²) in [6.45, 7) is 30.9. The third-order valence-electron chi connectivity index (χ3n) is 4.58. The summed E-state index contributed by atoms with van der Waals surface area (Å²) in [4.78, 5) is 0. The highest BCUT2D eigenvalue weighted by atomic mass is 16.6. The molecule has 0 aliphatic rings. The molecule has 0 saturated heterocycles. The van der Waals surface area contributed by atoms with Gasteiger partial charge in [-0.05, 0) is 13.8 Å². The molecule has 0 rings (SSSR count). The summed E-state index contributed by atoms with van der Waals surface area (Å²) in [6.07, 6.45) is 8.07. The van der Waals surface area contributed by atoms with E-state index in [0.717, 1.165) is 0 Å². The van der Waals surface area contributed by atoms with Crippen LogP contribution in [-0.2, 0) is 47.4 Å². The molecule has 0 aliphatic carbocycles. The lowest BCUT2D eigenvalue weighted by atomic mass is 10.4. The van der Waals surface area contributed by atoms with Gasteiger partial charge in [-0.25, -0.2) is 0 Å². The molecule has 15 nitrogen and oxygen atoms in total. The minimum absolute atomic E-state index is 0.0436. The Balaban J connectivity index is -0.000000179. The molecule has 2 unspecified atom stereocenters. The molecule has 0 heterocycles. The van der Waals surface area contributed by atoms with Gasteiger partial charge in [0.15, 0.2) is 0 Å². The maximum absolute atomic E-state index is 8.77. The van der Waals surface area contributed by atoms with Gasteiger partial charge in [0.2, 0.25) is 0 Å². The second-order valence-corrected chi connectivity index (χ2v) is 9.62. The molecular formula is C37H74O15. The smallest absolute Gasteiger partial charge is 0.0781 e. The summed E-state index contributed by atoms with van der Waals surface area (Å²) in [7, 11) is 0. The largest absolute Gasteiger partial charge is 0.394 e. The van der Waals surface area contributed by atoms with Crippen molar-refractivity contribution in [1.82, 2.24) is 0 Å². The molecule has 5 N–H and O–H groups in total. The van der Waals surface area contributed by atoms with E-state index in [1.165, 1.54) is 0 Å². The van der Waals surface area contributed by atoms with Crippen LogP contribution in [0.3, 0.4) is 0 Å². The van der Waals surface area contributed by atoms with Gasteiger partial charge >= 0.3 is 0 Å². The zero-order valence-electron chi connectivity index (χ0n) is 32.2. The Morgan fingerprint density at radius 1 is 0.385 bits per heavy atom. The van der Waals surface area contributed by atoms with E-state index in [1.54, 1.807) is 37.3 Å². The highest BCUT2D eigenvalue weighted by Crippen LogP contribution is 1.91. The highest BCUT2D eigenvalue weighted by molar-refractivity contribution is 4.65. The summed E-state index contributed by atoms with van der Waals surface area (Å²) in [6, 6.07) is 0. The Morgan fingerprint density at radius 3 is 1.02 bits per heavy atom. The second kappa shape index (κ2) is 64.1. The molecule has 2 atom stereocenters. The quantitative estimate of drug-likeness (QED) is 0.0464. The first-order valence-electron chi connectivity index (χ1n) is 17.3. The molecular weight excluding hydrogens is 684 g/mol. The van der Waals surface area contributed by atoms with Gasteiger partial charge in [-0.2, -0.15) is 0 Å². The van der Waals surface area contributed by atoms with Gasteiger partial charge in [0.1, 0.15) is 0 Å². The molecule has 0 bridgehead atoms. The maximum atomic E-state index is 8.77. The van der Waals surface area contributed by atoms with Gasteiger partial charge in [0, 0.05) is 0 Å². The van der Waals surface area contributed by atoms with Crippen LogP contribution in [0.5, 0.6) is 0 Å². The normalized spacial score (nSPS) is 11.1. The Morgan fingerprint density at radius 2 is 0.673 bits per heavy atom. The van der Waals surface area contributed by atoms with Gasteiger partial charge in [-0.1, -0.05) is 30.4 Å². The third-order valence-corrected chi connectivity index (χ3v) is 4.58. The van der Waals surface area contributed by atoms with Crippen LogP contribution in [0.15, 0.2) is 63.3 Å².